The van der Waals surface area contributed by atoms with Gasteiger partial charge < -0.3 is 19.9 Å². The Labute approximate surface area is 217 Å². The quantitative estimate of drug-likeness (QED) is 0.477. The van der Waals surface area contributed by atoms with Gasteiger partial charge in [-0.25, -0.2) is 8.42 Å². The number of likely N-dealkylation sites (N-methyl/N-ethyl adjacent to an activating group) is 1. The van der Waals surface area contributed by atoms with Crippen LogP contribution < -0.4 is 19.3 Å². The van der Waals surface area contributed by atoms with E-state index in [4.69, 9.17) is 16.3 Å². The van der Waals surface area contributed by atoms with Gasteiger partial charge in [-0.05, 0) is 61.6 Å². The van der Waals surface area contributed by atoms with Crippen LogP contribution in [0.25, 0.3) is 0 Å². The summed E-state index contributed by atoms with van der Waals surface area (Å²) in [4.78, 5) is 17.7. The summed E-state index contributed by atoms with van der Waals surface area (Å²) in [6.45, 7) is 3.46. The molecule has 3 aromatic carbocycles. The van der Waals surface area contributed by atoms with E-state index in [1.54, 1.807) is 30.3 Å². The van der Waals surface area contributed by atoms with Crippen molar-refractivity contribution in [2.24, 2.45) is 0 Å². The van der Waals surface area contributed by atoms with E-state index in [2.05, 4.69) is 22.2 Å². The number of methoxy groups -OCH3 is 1. The van der Waals surface area contributed by atoms with Crippen LogP contribution in [-0.4, -0.2) is 66.1 Å². The van der Waals surface area contributed by atoms with Crippen molar-refractivity contribution < 1.29 is 17.9 Å². The van der Waals surface area contributed by atoms with Gasteiger partial charge in [0, 0.05) is 37.6 Å². The van der Waals surface area contributed by atoms with Gasteiger partial charge in [0.2, 0.25) is 5.91 Å². The number of nitrogens with one attached hydrogen (secondary N) is 1. The van der Waals surface area contributed by atoms with E-state index in [0.717, 1.165) is 36.2 Å². The molecule has 10 heteroatoms. The van der Waals surface area contributed by atoms with E-state index in [1.165, 1.54) is 25.3 Å². The van der Waals surface area contributed by atoms with Crippen molar-refractivity contribution in [3.63, 3.8) is 0 Å². The number of hydrogen-bond acceptors (Lipinski definition) is 6. The Morgan fingerprint density at radius 1 is 1.00 bits per heavy atom. The van der Waals surface area contributed by atoms with Crippen molar-refractivity contribution in [3.8, 4) is 5.75 Å². The molecule has 0 bridgehead atoms. The molecule has 4 rings (SSSR count). The molecule has 0 saturated carbocycles. The molecule has 36 heavy (non-hydrogen) atoms. The molecule has 0 aromatic heterocycles. The molecule has 8 nitrogen and oxygen atoms in total. The number of ether oxygens (including phenoxy) is 1. The first kappa shape index (κ1) is 25.8. The molecule has 190 valence electrons. The van der Waals surface area contributed by atoms with Crippen LogP contribution in [0.1, 0.15) is 0 Å². The molecule has 1 aliphatic heterocycles. The van der Waals surface area contributed by atoms with E-state index in [9.17, 15) is 13.2 Å². The molecule has 0 spiro atoms. The Hall–Kier alpha value is -3.27. The average Bonchev–Trinajstić information content (AvgIpc) is 2.88. The number of amides is 1. The van der Waals surface area contributed by atoms with Gasteiger partial charge >= 0.3 is 0 Å². The molecule has 1 heterocycles. The van der Waals surface area contributed by atoms with E-state index in [0.29, 0.717) is 11.4 Å². The van der Waals surface area contributed by atoms with Crippen LogP contribution in [0, 0.1) is 0 Å². The molecule has 1 amide bonds. The Bertz CT molecular complexity index is 1300. The number of halogens is 1. The third-order valence-electron chi connectivity index (χ3n) is 6.06. The Kier molecular flexibility index (Phi) is 8.03. The van der Waals surface area contributed by atoms with Crippen molar-refractivity contribution in [2.75, 3.05) is 61.4 Å². The van der Waals surface area contributed by atoms with Crippen LogP contribution >= 0.6 is 11.6 Å². The lowest BCUT2D eigenvalue weighted by Gasteiger charge is -2.34. The number of carbonyl (C=O) groups is 1. The fraction of sp³-hybridized carbons (Fsp3) is 0.269. The molecule has 1 N–H and O–H groups in total. The minimum absolute atomic E-state index is 0.0706. The van der Waals surface area contributed by atoms with E-state index >= 15 is 0 Å². The topological polar surface area (TPSA) is 82.2 Å². The van der Waals surface area contributed by atoms with Gasteiger partial charge in [0.15, 0.2) is 0 Å². The Balaban J connectivity index is 1.54. The largest absolute Gasteiger partial charge is 0.495 e. The van der Waals surface area contributed by atoms with Crippen molar-refractivity contribution in [2.45, 2.75) is 4.90 Å². The summed E-state index contributed by atoms with van der Waals surface area (Å²) < 4.78 is 33.2. The maximum Gasteiger partial charge on any atom is 0.264 e. The second-order valence-electron chi connectivity index (χ2n) is 8.53. The summed E-state index contributed by atoms with van der Waals surface area (Å²) in [7, 11) is -0.459. The van der Waals surface area contributed by atoms with Crippen molar-refractivity contribution >= 4 is 44.6 Å². The maximum absolute atomic E-state index is 13.5. The summed E-state index contributed by atoms with van der Waals surface area (Å²) in [6.07, 6.45) is 0. The Morgan fingerprint density at radius 2 is 1.67 bits per heavy atom. The third kappa shape index (κ3) is 5.92. The lowest BCUT2D eigenvalue weighted by atomic mass is 10.2. The van der Waals surface area contributed by atoms with Crippen LogP contribution in [0.5, 0.6) is 5.75 Å². The van der Waals surface area contributed by atoms with Crippen LogP contribution in [0.3, 0.4) is 0 Å². The standard InChI is InChI=1S/C26H29ClN4O4S/c1-29-14-16-30(17-15-29)21-10-8-20(9-11-21)28-26(32)19-31(22-12-13-25(35-2)24(27)18-22)36(33,34)23-6-4-3-5-7-23/h3-13,18H,14-17,19H2,1-2H3,(H,28,32). The fourth-order valence-electron chi connectivity index (χ4n) is 4.00. The van der Waals surface area contributed by atoms with Gasteiger partial charge in [0.1, 0.15) is 12.3 Å². The first-order chi connectivity index (χ1) is 17.3. The van der Waals surface area contributed by atoms with E-state index < -0.39 is 22.5 Å². The highest BCUT2D eigenvalue weighted by atomic mass is 35.5. The van der Waals surface area contributed by atoms with Crippen LogP contribution in [0.4, 0.5) is 17.1 Å². The summed E-state index contributed by atoms with van der Waals surface area (Å²) in [5.74, 6) is -0.0730. The van der Waals surface area contributed by atoms with E-state index in [-0.39, 0.29) is 15.6 Å². The number of sulfonamides is 1. The molecular weight excluding hydrogens is 500 g/mol. The normalized spacial score (nSPS) is 14.4. The number of benzene rings is 3. The zero-order chi connectivity index (χ0) is 25.7. The molecule has 1 saturated heterocycles. The zero-order valence-corrected chi connectivity index (χ0v) is 21.8. The second kappa shape index (κ2) is 11.2. The number of anilines is 3. The molecule has 3 aromatic rings. The second-order valence-corrected chi connectivity index (χ2v) is 10.8. The average molecular weight is 529 g/mol. The zero-order valence-electron chi connectivity index (χ0n) is 20.2. The molecule has 0 unspecified atom stereocenters. The van der Waals surface area contributed by atoms with Gasteiger partial charge in [0.05, 0.1) is 22.7 Å². The first-order valence-corrected chi connectivity index (χ1v) is 13.3. The number of carbonyl (C=O) groups excluding carboxylic acids is 1. The molecule has 1 aliphatic rings. The van der Waals surface area contributed by atoms with Crippen molar-refractivity contribution in [1.82, 2.24) is 4.90 Å². The van der Waals surface area contributed by atoms with Crippen molar-refractivity contribution in [3.05, 3.63) is 77.8 Å². The smallest absolute Gasteiger partial charge is 0.264 e. The first-order valence-electron chi connectivity index (χ1n) is 11.5. The van der Waals surface area contributed by atoms with Crippen LogP contribution in [0.2, 0.25) is 5.02 Å². The summed E-state index contributed by atoms with van der Waals surface area (Å²) in [6, 6.07) is 20.1. The lowest BCUT2D eigenvalue weighted by molar-refractivity contribution is -0.114. The fourth-order valence-corrected chi connectivity index (χ4v) is 5.68. The monoisotopic (exact) mass is 528 g/mol. The molecule has 0 radical (unpaired) electrons. The molecule has 0 atom stereocenters. The number of rotatable bonds is 8. The van der Waals surface area contributed by atoms with Gasteiger partial charge in [0.25, 0.3) is 10.0 Å². The van der Waals surface area contributed by atoms with Gasteiger partial charge in [-0.2, -0.15) is 0 Å². The highest BCUT2D eigenvalue weighted by Gasteiger charge is 2.28. The summed E-state index contributed by atoms with van der Waals surface area (Å²) in [5, 5.41) is 3.05. The highest BCUT2D eigenvalue weighted by Crippen LogP contribution is 2.32. The predicted octanol–water partition coefficient (Wildman–Crippen LogP) is 3.93. The number of nitrogens with zero attached hydrogens (tertiary/aromatic N) is 3. The van der Waals surface area contributed by atoms with Crippen LogP contribution in [-0.2, 0) is 14.8 Å². The van der Waals surface area contributed by atoms with Gasteiger partial charge in [-0.3, -0.25) is 9.10 Å². The highest BCUT2D eigenvalue weighted by molar-refractivity contribution is 7.92. The summed E-state index contributed by atoms with van der Waals surface area (Å²) >= 11 is 6.27. The molecule has 0 aliphatic carbocycles. The van der Waals surface area contributed by atoms with Crippen molar-refractivity contribution in [1.29, 1.82) is 0 Å². The minimum Gasteiger partial charge on any atom is -0.495 e. The predicted molar refractivity (Wildman–Crippen MR) is 144 cm³/mol. The minimum atomic E-state index is -4.04. The van der Waals surface area contributed by atoms with Gasteiger partial charge in [-0.1, -0.05) is 29.8 Å². The lowest BCUT2D eigenvalue weighted by Crippen LogP contribution is -2.44. The van der Waals surface area contributed by atoms with Gasteiger partial charge in [-0.15, -0.1) is 0 Å². The van der Waals surface area contributed by atoms with E-state index in [1.807, 2.05) is 24.3 Å². The number of piperazine rings is 1. The summed E-state index contributed by atoms with van der Waals surface area (Å²) in [5.41, 5.74) is 1.93. The third-order valence-corrected chi connectivity index (χ3v) is 8.14. The molecular formula is C26H29ClN4O4S. The van der Waals surface area contributed by atoms with Crippen LogP contribution in [0.15, 0.2) is 77.7 Å². The Morgan fingerprint density at radius 3 is 2.28 bits per heavy atom. The maximum atomic E-state index is 13.5. The number of hydrogen-bond donors (Lipinski definition) is 1. The SMILES string of the molecule is COc1ccc(N(CC(=O)Nc2ccc(N3CCN(C)CC3)cc2)S(=O)(=O)c2ccccc2)cc1Cl. The molecule has 1 fully saturated rings.